The number of carbonyl (C=O) groups excluding carboxylic acids is 1. The Morgan fingerprint density at radius 3 is 2.27 bits per heavy atom. The third kappa shape index (κ3) is 4.31. The van der Waals surface area contributed by atoms with Crippen molar-refractivity contribution in [3.05, 3.63) is 60.2 Å². The van der Waals surface area contributed by atoms with Gasteiger partial charge in [0.05, 0.1) is 18.4 Å². The molecule has 0 aliphatic heterocycles. The van der Waals surface area contributed by atoms with Crippen LogP contribution in [-0.4, -0.2) is 21.4 Å². The van der Waals surface area contributed by atoms with Crippen molar-refractivity contribution in [3.63, 3.8) is 0 Å². The standard InChI is InChI=1S/C15H16N2O4S/c1-21-13-7-9-14(10-8-13)22(19,20)17-16-15(18)11-12-5-3-2-4-6-12/h2-10,17H,11H2,1H3,(H,16,18). The molecule has 0 aromatic heterocycles. The van der Waals surface area contributed by atoms with Gasteiger partial charge < -0.3 is 4.74 Å². The van der Waals surface area contributed by atoms with Crippen molar-refractivity contribution in [1.29, 1.82) is 0 Å². The molecule has 2 aromatic carbocycles. The Hall–Kier alpha value is -2.38. The first-order chi connectivity index (χ1) is 10.5. The summed E-state index contributed by atoms with van der Waals surface area (Å²) in [6.45, 7) is 0. The number of rotatable bonds is 6. The molecule has 0 atom stereocenters. The van der Waals surface area contributed by atoms with Crippen LogP contribution in [0.5, 0.6) is 5.75 Å². The number of amides is 1. The molecule has 0 fully saturated rings. The number of hydrazine groups is 1. The van der Waals surface area contributed by atoms with E-state index in [2.05, 4.69) is 10.3 Å². The molecule has 7 heteroatoms. The van der Waals surface area contributed by atoms with Crippen LogP contribution in [0.25, 0.3) is 0 Å². The van der Waals surface area contributed by atoms with E-state index in [9.17, 15) is 13.2 Å². The van der Waals surface area contributed by atoms with E-state index in [1.165, 1.54) is 31.4 Å². The van der Waals surface area contributed by atoms with Gasteiger partial charge in [0, 0.05) is 0 Å². The Bertz CT molecular complexity index is 728. The van der Waals surface area contributed by atoms with Gasteiger partial charge in [-0.05, 0) is 29.8 Å². The van der Waals surface area contributed by atoms with Crippen molar-refractivity contribution in [3.8, 4) is 5.75 Å². The molecular weight excluding hydrogens is 304 g/mol. The maximum atomic E-state index is 12.0. The fraction of sp³-hybridized carbons (Fsp3) is 0.133. The highest BCUT2D eigenvalue weighted by Crippen LogP contribution is 2.14. The number of hydrogen-bond acceptors (Lipinski definition) is 4. The third-order valence-electron chi connectivity index (χ3n) is 2.90. The largest absolute Gasteiger partial charge is 0.497 e. The minimum atomic E-state index is -3.81. The van der Waals surface area contributed by atoms with Crippen LogP contribution in [0.3, 0.4) is 0 Å². The third-order valence-corrected chi connectivity index (χ3v) is 4.17. The number of benzene rings is 2. The van der Waals surface area contributed by atoms with Gasteiger partial charge in [0.15, 0.2) is 0 Å². The Balaban J connectivity index is 1.95. The zero-order valence-electron chi connectivity index (χ0n) is 11.9. The fourth-order valence-corrected chi connectivity index (χ4v) is 2.62. The zero-order chi connectivity index (χ0) is 16.0. The predicted molar refractivity (Wildman–Crippen MR) is 81.6 cm³/mol. The van der Waals surface area contributed by atoms with Crippen LogP contribution in [-0.2, 0) is 21.2 Å². The van der Waals surface area contributed by atoms with Gasteiger partial charge >= 0.3 is 0 Å². The van der Waals surface area contributed by atoms with Gasteiger partial charge in [0.2, 0.25) is 5.91 Å². The molecule has 0 radical (unpaired) electrons. The first-order valence-corrected chi connectivity index (χ1v) is 7.98. The average Bonchev–Trinajstić information content (AvgIpc) is 2.54. The number of hydrogen-bond donors (Lipinski definition) is 2. The summed E-state index contributed by atoms with van der Waals surface area (Å²) < 4.78 is 29.0. The molecule has 0 aliphatic carbocycles. The molecule has 22 heavy (non-hydrogen) atoms. The van der Waals surface area contributed by atoms with Crippen LogP contribution >= 0.6 is 0 Å². The van der Waals surface area contributed by atoms with Gasteiger partial charge in [-0.15, -0.1) is 4.83 Å². The summed E-state index contributed by atoms with van der Waals surface area (Å²) >= 11 is 0. The van der Waals surface area contributed by atoms with E-state index in [0.717, 1.165) is 5.56 Å². The molecule has 2 aromatic rings. The Labute approximate surface area is 129 Å². The highest BCUT2D eigenvalue weighted by molar-refractivity contribution is 7.89. The normalized spacial score (nSPS) is 11.0. The van der Waals surface area contributed by atoms with E-state index >= 15 is 0 Å². The molecule has 0 heterocycles. The molecule has 2 N–H and O–H groups in total. The SMILES string of the molecule is COc1ccc(S(=O)(=O)NNC(=O)Cc2ccccc2)cc1. The number of ether oxygens (including phenoxy) is 1. The van der Waals surface area contributed by atoms with E-state index in [1.54, 1.807) is 12.1 Å². The second kappa shape index (κ2) is 7.06. The first kappa shape index (κ1) is 16.0. The maximum Gasteiger partial charge on any atom is 0.257 e. The number of carbonyl (C=O) groups is 1. The number of methoxy groups -OCH3 is 1. The second-order valence-electron chi connectivity index (χ2n) is 4.49. The molecule has 1 amide bonds. The van der Waals surface area contributed by atoms with Crippen molar-refractivity contribution in [2.75, 3.05) is 7.11 Å². The van der Waals surface area contributed by atoms with E-state index in [0.29, 0.717) is 5.75 Å². The summed E-state index contributed by atoms with van der Waals surface area (Å²) in [6.07, 6.45) is 0.0893. The van der Waals surface area contributed by atoms with Gasteiger partial charge in [-0.3, -0.25) is 10.2 Å². The predicted octanol–water partition coefficient (Wildman–Crippen LogP) is 1.25. The van der Waals surface area contributed by atoms with Crippen molar-refractivity contribution in [2.24, 2.45) is 0 Å². The smallest absolute Gasteiger partial charge is 0.257 e. The van der Waals surface area contributed by atoms with Gasteiger partial charge in [0.25, 0.3) is 10.0 Å². The topological polar surface area (TPSA) is 84.5 Å². The lowest BCUT2D eigenvalue weighted by atomic mass is 10.1. The lowest BCUT2D eigenvalue weighted by molar-refractivity contribution is -0.120. The maximum absolute atomic E-state index is 12.0. The Morgan fingerprint density at radius 1 is 1.05 bits per heavy atom. The van der Waals surface area contributed by atoms with Crippen LogP contribution in [0.4, 0.5) is 0 Å². The minimum absolute atomic E-state index is 0.0355. The van der Waals surface area contributed by atoms with E-state index in [4.69, 9.17) is 4.74 Å². The molecular formula is C15H16N2O4S. The van der Waals surface area contributed by atoms with E-state index in [1.807, 2.05) is 18.2 Å². The van der Waals surface area contributed by atoms with Crippen molar-refractivity contribution in [2.45, 2.75) is 11.3 Å². The summed E-state index contributed by atoms with van der Waals surface area (Å²) in [5, 5.41) is 0. The van der Waals surface area contributed by atoms with Crippen LogP contribution < -0.4 is 15.0 Å². The summed E-state index contributed by atoms with van der Waals surface area (Å²) in [7, 11) is -2.32. The molecule has 0 saturated carbocycles. The molecule has 0 spiro atoms. The van der Waals surface area contributed by atoms with Gasteiger partial charge in [-0.2, -0.15) is 0 Å². The quantitative estimate of drug-likeness (QED) is 0.785. The number of sulfonamides is 1. The molecule has 6 nitrogen and oxygen atoms in total. The van der Waals surface area contributed by atoms with E-state index in [-0.39, 0.29) is 11.3 Å². The molecule has 0 aliphatic rings. The Morgan fingerprint density at radius 2 is 1.68 bits per heavy atom. The lowest BCUT2D eigenvalue weighted by Crippen LogP contribution is -2.42. The first-order valence-electron chi connectivity index (χ1n) is 6.50. The molecule has 0 bridgehead atoms. The van der Waals surface area contributed by atoms with Crippen LogP contribution in [0.15, 0.2) is 59.5 Å². The van der Waals surface area contributed by atoms with Gasteiger partial charge in [-0.25, -0.2) is 8.42 Å². The Kier molecular flexibility index (Phi) is 5.13. The van der Waals surface area contributed by atoms with Crippen LogP contribution in [0.1, 0.15) is 5.56 Å². The van der Waals surface area contributed by atoms with Crippen molar-refractivity contribution in [1.82, 2.24) is 10.3 Å². The summed E-state index contributed by atoms with van der Waals surface area (Å²) in [5.41, 5.74) is 2.99. The van der Waals surface area contributed by atoms with Crippen LogP contribution in [0.2, 0.25) is 0 Å². The summed E-state index contributed by atoms with van der Waals surface area (Å²) in [5.74, 6) is 0.107. The molecule has 116 valence electrons. The van der Waals surface area contributed by atoms with Crippen molar-refractivity contribution >= 4 is 15.9 Å². The monoisotopic (exact) mass is 320 g/mol. The lowest BCUT2D eigenvalue weighted by Gasteiger charge is -2.09. The molecule has 0 unspecified atom stereocenters. The second-order valence-corrected chi connectivity index (χ2v) is 6.17. The summed E-state index contributed by atoms with van der Waals surface area (Å²) in [4.78, 5) is 13.8. The zero-order valence-corrected chi connectivity index (χ0v) is 12.8. The van der Waals surface area contributed by atoms with Crippen LogP contribution in [0, 0.1) is 0 Å². The van der Waals surface area contributed by atoms with Gasteiger partial charge in [-0.1, -0.05) is 30.3 Å². The van der Waals surface area contributed by atoms with Crippen molar-refractivity contribution < 1.29 is 17.9 Å². The minimum Gasteiger partial charge on any atom is -0.497 e. The van der Waals surface area contributed by atoms with E-state index < -0.39 is 15.9 Å². The van der Waals surface area contributed by atoms with Gasteiger partial charge in [0.1, 0.15) is 5.75 Å². The summed E-state index contributed by atoms with van der Waals surface area (Å²) in [6, 6.07) is 14.9. The highest BCUT2D eigenvalue weighted by Gasteiger charge is 2.15. The highest BCUT2D eigenvalue weighted by atomic mass is 32.2. The fourth-order valence-electron chi connectivity index (χ4n) is 1.76. The average molecular weight is 320 g/mol. The molecule has 2 rings (SSSR count). The number of nitrogens with one attached hydrogen (secondary N) is 2. The molecule has 0 saturated heterocycles.